The van der Waals surface area contributed by atoms with Gasteiger partial charge in [-0.15, -0.1) is 0 Å². The van der Waals surface area contributed by atoms with Crippen molar-refractivity contribution < 1.29 is 4.79 Å². The van der Waals surface area contributed by atoms with Crippen molar-refractivity contribution in [1.29, 1.82) is 0 Å². The third kappa shape index (κ3) is 3.61. The third-order valence-electron chi connectivity index (χ3n) is 4.68. The Kier molecular flexibility index (Phi) is 4.68. The van der Waals surface area contributed by atoms with Gasteiger partial charge in [0.25, 0.3) is 5.91 Å². The van der Waals surface area contributed by atoms with Crippen molar-refractivity contribution >= 4 is 5.91 Å². The molecule has 26 heavy (non-hydrogen) atoms. The SMILES string of the molecule is O=C(c1ccncc1)N1CCC[C@@H](Cc2cnc(-c3ncc[nH]3)cn2)C1. The first-order chi connectivity index (χ1) is 12.8. The molecule has 1 saturated heterocycles. The number of pyridine rings is 1. The number of likely N-dealkylation sites (tertiary alicyclic amines) is 1. The first kappa shape index (κ1) is 16.4. The molecule has 1 aliphatic rings. The molecule has 1 atom stereocenters. The molecule has 7 nitrogen and oxygen atoms in total. The topological polar surface area (TPSA) is 87.7 Å². The summed E-state index contributed by atoms with van der Waals surface area (Å²) >= 11 is 0. The molecule has 132 valence electrons. The summed E-state index contributed by atoms with van der Waals surface area (Å²) in [7, 11) is 0. The van der Waals surface area contributed by atoms with E-state index in [2.05, 4.69) is 24.9 Å². The van der Waals surface area contributed by atoms with Crippen molar-refractivity contribution in [2.24, 2.45) is 5.92 Å². The van der Waals surface area contributed by atoms with E-state index < -0.39 is 0 Å². The zero-order valence-corrected chi connectivity index (χ0v) is 14.4. The predicted molar refractivity (Wildman–Crippen MR) is 96.2 cm³/mol. The van der Waals surface area contributed by atoms with E-state index in [1.807, 2.05) is 11.1 Å². The second kappa shape index (κ2) is 7.43. The minimum Gasteiger partial charge on any atom is -0.343 e. The monoisotopic (exact) mass is 348 g/mol. The maximum absolute atomic E-state index is 12.6. The number of hydrogen-bond acceptors (Lipinski definition) is 5. The number of carbonyl (C=O) groups excluding carboxylic acids is 1. The molecule has 0 saturated carbocycles. The predicted octanol–water partition coefficient (Wildman–Crippen LogP) is 2.36. The molecule has 1 fully saturated rings. The number of H-pyrrole nitrogens is 1. The van der Waals surface area contributed by atoms with E-state index in [-0.39, 0.29) is 5.91 Å². The zero-order chi connectivity index (χ0) is 17.8. The number of rotatable bonds is 4. The molecule has 3 aromatic rings. The van der Waals surface area contributed by atoms with Crippen LogP contribution in [0.1, 0.15) is 28.9 Å². The highest BCUT2D eigenvalue weighted by Crippen LogP contribution is 2.22. The summed E-state index contributed by atoms with van der Waals surface area (Å²) in [5.74, 6) is 1.20. The van der Waals surface area contributed by atoms with Crippen LogP contribution in [0.2, 0.25) is 0 Å². The highest BCUT2D eigenvalue weighted by Gasteiger charge is 2.25. The number of aromatic nitrogens is 5. The van der Waals surface area contributed by atoms with Gasteiger partial charge in [0.1, 0.15) is 5.69 Å². The van der Waals surface area contributed by atoms with E-state index in [1.54, 1.807) is 43.1 Å². The molecule has 0 radical (unpaired) electrons. The van der Waals surface area contributed by atoms with Crippen LogP contribution in [-0.2, 0) is 6.42 Å². The average Bonchev–Trinajstić information content (AvgIpc) is 3.24. The van der Waals surface area contributed by atoms with Crippen molar-refractivity contribution in [3.8, 4) is 11.5 Å². The molecule has 1 amide bonds. The Hall–Kier alpha value is -3.09. The molecule has 0 spiro atoms. The molecule has 1 aliphatic heterocycles. The van der Waals surface area contributed by atoms with Crippen molar-refractivity contribution in [2.45, 2.75) is 19.3 Å². The fourth-order valence-electron chi connectivity index (χ4n) is 3.38. The molecule has 0 aromatic carbocycles. The second-order valence-corrected chi connectivity index (χ2v) is 6.53. The van der Waals surface area contributed by atoms with Crippen LogP contribution in [0.3, 0.4) is 0 Å². The van der Waals surface area contributed by atoms with Gasteiger partial charge in [-0.1, -0.05) is 0 Å². The number of amides is 1. The van der Waals surface area contributed by atoms with Crippen LogP contribution in [0.15, 0.2) is 49.3 Å². The van der Waals surface area contributed by atoms with Crippen LogP contribution in [0, 0.1) is 5.92 Å². The fraction of sp³-hybridized carbons (Fsp3) is 0.316. The first-order valence-corrected chi connectivity index (χ1v) is 8.79. The molecule has 1 N–H and O–H groups in total. The van der Waals surface area contributed by atoms with Crippen molar-refractivity contribution in [2.75, 3.05) is 13.1 Å². The lowest BCUT2D eigenvalue weighted by atomic mass is 9.93. The summed E-state index contributed by atoms with van der Waals surface area (Å²) in [6.07, 6.45) is 13.3. The standard InChI is InChI=1S/C19H20N6O/c26-19(15-3-5-20-6-4-15)25-9-1-2-14(13-25)10-16-11-24-17(12-23-16)18-21-7-8-22-18/h3-8,11-12,14H,1-2,9-10,13H2,(H,21,22)/t14-/m0/s1. The molecule has 0 unspecified atom stereocenters. The van der Waals surface area contributed by atoms with Gasteiger partial charge in [0.15, 0.2) is 5.82 Å². The summed E-state index contributed by atoms with van der Waals surface area (Å²) in [5.41, 5.74) is 2.38. The van der Waals surface area contributed by atoms with E-state index in [9.17, 15) is 4.79 Å². The van der Waals surface area contributed by atoms with Crippen LogP contribution >= 0.6 is 0 Å². The molecular weight excluding hydrogens is 328 g/mol. The van der Waals surface area contributed by atoms with Gasteiger partial charge in [0.05, 0.1) is 11.9 Å². The molecule has 3 aromatic heterocycles. The van der Waals surface area contributed by atoms with E-state index >= 15 is 0 Å². The Morgan fingerprint density at radius 3 is 2.77 bits per heavy atom. The van der Waals surface area contributed by atoms with Gasteiger partial charge in [0, 0.05) is 49.6 Å². The summed E-state index contributed by atoms with van der Waals surface area (Å²) in [4.78, 5) is 34.7. The Balaban J connectivity index is 1.40. The van der Waals surface area contributed by atoms with Crippen LogP contribution in [-0.4, -0.2) is 48.8 Å². The second-order valence-electron chi connectivity index (χ2n) is 6.53. The summed E-state index contributed by atoms with van der Waals surface area (Å²) in [5, 5.41) is 0. The number of piperidine rings is 1. The van der Waals surface area contributed by atoms with Crippen LogP contribution in [0.5, 0.6) is 0 Å². The van der Waals surface area contributed by atoms with Gasteiger partial charge in [0.2, 0.25) is 0 Å². The van der Waals surface area contributed by atoms with Gasteiger partial charge in [-0.05, 0) is 37.3 Å². The molecule has 0 aliphatic carbocycles. The number of nitrogens with zero attached hydrogens (tertiary/aromatic N) is 5. The average molecular weight is 348 g/mol. The van der Waals surface area contributed by atoms with Crippen molar-refractivity contribution in [1.82, 2.24) is 29.8 Å². The molecule has 4 rings (SSSR count). The normalized spacial score (nSPS) is 17.2. The number of imidazole rings is 1. The first-order valence-electron chi connectivity index (χ1n) is 8.79. The van der Waals surface area contributed by atoms with Gasteiger partial charge >= 0.3 is 0 Å². The molecular formula is C19H20N6O. The Morgan fingerprint density at radius 1 is 1.15 bits per heavy atom. The number of hydrogen-bond donors (Lipinski definition) is 1. The number of aromatic amines is 1. The zero-order valence-electron chi connectivity index (χ0n) is 14.4. The van der Waals surface area contributed by atoms with Crippen molar-refractivity contribution in [3.05, 3.63) is 60.6 Å². The van der Waals surface area contributed by atoms with E-state index in [4.69, 9.17) is 0 Å². The van der Waals surface area contributed by atoms with Gasteiger partial charge in [-0.2, -0.15) is 0 Å². The van der Waals surface area contributed by atoms with E-state index in [1.165, 1.54) is 0 Å². The summed E-state index contributed by atoms with van der Waals surface area (Å²) in [6.45, 7) is 1.56. The number of nitrogens with one attached hydrogen (secondary N) is 1. The lowest BCUT2D eigenvalue weighted by molar-refractivity contribution is 0.0672. The number of carbonyl (C=O) groups is 1. The largest absolute Gasteiger partial charge is 0.343 e. The maximum Gasteiger partial charge on any atom is 0.253 e. The highest BCUT2D eigenvalue weighted by molar-refractivity contribution is 5.94. The lowest BCUT2D eigenvalue weighted by Gasteiger charge is -2.32. The molecule has 0 bridgehead atoms. The van der Waals surface area contributed by atoms with E-state index in [0.717, 1.165) is 49.6 Å². The minimum atomic E-state index is 0.0800. The van der Waals surface area contributed by atoms with Crippen molar-refractivity contribution in [3.63, 3.8) is 0 Å². The Bertz CT molecular complexity index is 848. The van der Waals surface area contributed by atoms with Crippen LogP contribution < -0.4 is 0 Å². The summed E-state index contributed by atoms with van der Waals surface area (Å²) < 4.78 is 0. The minimum absolute atomic E-state index is 0.0800. The smallest absolute Gasteiger partial charge is 0.253 e. The van der Waals surface area contributed by atoms with Crippen LogP contribution in [0.25, 0.3) is 11.5 Å². The molecule has 7 heteroatoms. The highest BCUT2D eigenvalue weighted by atomic mass is 16.2. The van der Waals surface area contributed by atoms with Gasteiger partial charge in [-0.3, -0.25) is 14.8 Å². The van der Waals surface area contributed by atoms with Crippen LogP contribution in [0.4, 0.5) is 0 Å². The quantitative estimate of drug-likeness (QED) is 0.782. The molecule has 4 heterocycles. The maximum atomic E-state index is 12.6. The van der Waals surface area contributed by atoms with Gasteiger partial charge in [-0.25, -0.2) is 9.97 Å². The summed E-state index contributed by atoms with van der Waals surface area (Å²) in [6, 6.07) is 3.54. The Morgan fingerprint density at radius 2 is 2.04 bits per heavy atom. The Labute approximate surface area is 151 Å². The third-order valence-corrected chi connectivity index (χ3v) is 4.68. The lowest BCUT2D eigenvalue weighted by Crippen LogP contribution is -2.40. The fourth-order valence-corrected chi connectivity index (χ4v) is 3.38. The van der Waals surface area contributed by atoms with Gasteiger partial charge < -0.3 is 9.88 Å². The van der Waals surface area contributed by atoms with E-state index in [0.29, 0.717) is 11.5 Å².